The average molecular weight is 298 g/mol. The zero-order chi connectivity index (χ0) is 10.1. The molecule has 1 aliphatic heterocycles. The highest BCUT2D eigenvalue weighted by Gasteiger charge is 2.21. The van der Waals surface area contributed by atoms with Crippen molar-refractivity contribution in [2.75, 3.05) is 0 Å². The first-order valence-corrected chi connectivity index (χ1v) is 5.20. The third-order valence-electron chi connectivity index (χ3n) is 2.01. The number of hydrogen-bond acceptors (Lipinski definition) is 2. The second-order valence-electron chi connectivity index (χ2n) is 2.95. The molecule has 14 heavy (non-hydrogen) atoms. The Morgan fingerprint density at radius 3 is 2.50 bits per heavy atom. The molecule has 1 aliphatic rings. The van der Waals surface area contributed by atoms with Crippen molar-refractivity contribution in [2.45, 2.75) is 6.92 Å². The molecule has 0 fully saturated rings. The standard InChI is InChI=1S/C10H7IN2O/c1-6-9(10(14)13-12-6)7-4-2-3-5-8(7)11/h2-5H,1H3. The van der Waals surface area contributed by atoms with Crippen LogP contribution in [0.25, 0.3) is 5.57 Å². The van der Waals surface area contributed by atoms with Crippen molar-refractivity contribution < 1.29 is 4.79 Å². The van der Waals surface area contributed by atoms with Crippen LogP contribution < -0.4 is 0 Å². The van der Waals surface area contributed by atoms with Crippen LogP contribution in [-0.2, 0) is 4.79 Å². The molecule has 1 aromatic carbocycles. The van der Waals surface area contributed by atoms with Gasteiger partial charge in [-0.05, 0) is 35.6 Å². The summed E-state index contributed by atoms with van der Waals surface area (Å²) in [5.41, 5.74) is 2.23. The quantitative estimate of drug-likeness (QED) is 0.735. The van der Waals surface area contributed by atoms with E-state index in [1.807, 2.05) is 24.3 Å². The molecule has 0 aliphatic carbocycles. The number of hydrogen-bond donors (Lipinski definition) is 0. The Morgan fingerprint density at radius 1 is 1.21 bits per heavy atom. The summed E-state index contributed by atoms with van der Waals surface area (Å²) >= 11 is 2.20. The van der Waals surface area contributed by atoms with Gasteiger partial charge in [-0.3, -0.25) is 4.79 Å². The smallest absolute Gasteiger partial charge is 0.265 e. The van der Waals surface area contributed by atoms with E-state index in [9.17, 15) is 4.79 Å². The van der Waals surface area contributed by atoms with Crippen molar-refractivity contribution in [1.29, 1.82) is 0 Å². The number of nitrogens with zero attached hydrogens (tertiary/aromatic N) is 2. The third-order valence-corrected chi connectivity index (χ3v) is 2.95. The lowest BCUT2D eigenvalue weighted by Crippen LogP contribution is -1.97. The molecule has 70 valence electrons. The first-order valence-electron chi connectivity index (χ1n) is 4.12. The van der Waals surface area contributed by atoms with Crippen molar-refractivity contribution in [3.05, 3.63) is 39.1 Å². The Hall–Kier alpha value is -1.04. The van der Waals surface area contributed by atoms with Gasteiger partial charge in [0.1, 0.15) is 0 Å². The molecular weight excluding hydrogens is 291 g/mol. The van der Waals surface area contributed by atoms with Gasteiger partial charge in [0.2, 0.25) is 0 Å². The minimum absolute atomic E-state index is 0.244. The second kappa shape index (κ2) is 3.61. The van der Waals surface area contributed by atoms with Crippen LogP contribution >= 0.6 is 22.6 Å². The zero-order valence-electron chi connectivity index (χ0n) is 7.49. The topological polar surface area (TPSA) is 41.8 Å². The van der Waals surface area contributed by atoms with E-state index >= 15 is 0 Å². The van der Waals surface area contributed by atoms with Crippen molar-refractivity contribution in [3.63, 3.8) is 0 Å². The van der Waals surface area contributed by atoms with Gasteiger partial charge in [0.25, 0.3) is 5.91 Å². The molecule has 0 radical (unpaired) electrons. The molecule has 4 heteroatoms. The maximum absolute atomic E-state index is 11.4. The number of benzene rings is 1. The largest absolute Gasteiger partial charge is 0.297 e. The van der Waals surface area contributed by atoms with Gasteiger partial charge < -0.3 is 0 Å². The number of allylic oxidation sites excluding steroid dienone is 1. The van der Waals surface area contributed by atoms with E-state index in [0.29, 0.717) is 11.3 Å². The van der Waals surface area contributed by atoms with E-state index in [0.717, 1.165) is 9.13 Å². The molecule has 0 saturated heterocycles. The van der Waals surface area contributed by atoms with Crippen LogP contribution in [0.1, 0.15) is 12.5 Å². The summed E-state index contributed by atoms with van der Waals surface area (Å²) in [6, 6.07) is 7.72. The van der Waals surface area contributed by atoms with Crippen molar-refractivity contribution in [1.82, 2.24) is 0 Å². The summed E-state index contributed by atoms with van der Waals surface area (Å²) in [4.78, 5) is 11.4. The number of amides is 1. The lowest BCUT2D eigenvalue weighted by molar-refractivity contribution is -0.112. The van der Waals surface area contributed by atoms with Gasteiger partial charge >= 0.3 is 0 Å². The maximum atomic E-state index is 11.4. The summed E-state index contributed by atoms with van der Waals surface area (Å²) in [5, 5.41) is 7.29. The predicted octanol–water partition coefficient (Wildman–Crippen LogP) is 3.01. The minimum atomic E-state index is -0.244. The second-order valence-corrected chi connectivity index (χ2v) is 4.11. The van der Waals surface area contributed by atoms with E-state index < -0.39 is 0 Å². The van der Waals surface area contributed by atoms with Crippen LogP contribution in [0.5, 0.6) is 0 Å². The van der Waals surface area contributed by atoms with Crippen molar-refractivity contribution in [2.24, 2.45) is 10.2 Å². The Kier molecular flexibility index (Phi) is 2.45. The van der Waals surface area contributed by atoms with Gasteiger partial charge in [-0.15, -0.1) is 5.11 Å². The van der Waals surface area contributed by atoms with E-state index in [1.54, 1.807) is 6.92 Å². The fourth-order valence-electron chi connectivity index (χ4n) is 1.35. The third kappa shape index (κ3) is 1.50. The molecule has 2 rings (SSSR count). The number of carbonyl (C=O) groups is 1. The first-order chi connectivity index (χ1) is 6.70. The molecule has 1 amide bonds. The number of carbonyl (C=O) groups excluding carboxylic acids is 1. The van der Waals surface area contributed by atoms with Crippen molar-refractivity contribution in [3.8, 4) is 0 Å². The van der Waals surface area contributed by atoms with Crippen LogP contribution in [0, 0.1) is 3.57 Å². The highest BCUT2D eigenvalue weighted by Crippen LogP contribution is 2.29. The Labute approximate surface area is 95.1 Å². The first kappa shape index (κ1) is 9.51. The van der Waals surface area contributed by atoms with Crippen molar-refractivity contribution >= 4 is 34.1 Å². The summed E-state index contributed by atoms with van der Waals surface area (Å²) < 4.78 is 1.04. The monoisotopic (exact) mass is 298 g/mol. The SMILES string of the molecule is CC1=C(c2ccccc2I)C(=O)N=N1. The Morgan fingerprint density at radius 2 is 1.93 bits per heavy atom. The van der Waals surface area contributed by atoms with E-state index in [1.165, 1.54) is 0 Å². The summed E-state index contributed by atoms with van der Waals surface area (Å²) in [5.74, 6) is -0.244. The lowest BCUT2D eigenvalue weighted by atomic mass is 10.0. The molecule has 1 aromatic rings. The lowest BCUT2D eigenvalue weighted by Gasteiger charge is -2.02. The van der Waals surface area contributed by atoms with Gasteiger partial charge in [0, 0.05) is 9.13 Å². The number of halogens is 1. The van der Waals surface area contributed by atoms with Crippen LogP contribution in [0.3, 0.4) is 0 Å². The zero-order valence-corrected chi connectivity index (χ0v) is 9.65. The molecule has 0 N–H and O–H groups in total. The van der Waals surface area contributed by atoms with Crippen LogP contribution in [0.4, 0.5) is 0 Å². The summed E-state index contributed by atoms with van der Waals surface area (Å²) in [6.07, 6.45) is 0. The molecular formula is C10H7IN2O. The van der Waals surface area contributed by atoms with Crippen LogP contribution in [0.15, 0.2) is 40.2 Å². The van der Waals surface area contributed by atoms with Gasteiger partial charge in [0.15, 0.2) is 0 Å². The predicted molar refractivity (Wildman–Crippen MR) is 61.6 cm³/mol. The maximum Gasteiger partial charge on any atom is 0.297 e. The molecule has 0 spiro atoms. The van der Waals surface area contributed by atoms with E-state index in [2.05, 4.69) is 32.8 Å². The molecule has 0 atom stereocenters. The van der Waals surface area contributed by atoms with E-state index in [-0.39, 0.29) is 5.91 Å². The number of rotatable bonds is 1. The van der Waals surface area contributed by atoms with E-state index in [4.69, 9.17) is 0 Å². The highest BCUT2D eigenvalue weighted by molar-refractivity contribution is 14.1. The Balaban J connectivity index is 2.57. The fraction of sp³-hybridized carbons (Fsp3) is 0.100. The molecule has 0 aromatic heterocycles. The minimum Gasteiger partial charge on any atom is -0.265 e. The van der Waals surface area contributed by atoms with Gasteiger partial charge in [0.05, 0.1) is 11.3 Å². The van der Waals surface area contributed by atoms with Crippen LogP contribution in [0.2, 0.25) is 0 Å². The summed E-state index contributed by atoms with van der Waals surface area (Å²) in [7, 11) is 0. The van der Waals surface area contributed by atoms with Gasteiger partial charge in [-0.25, -0.2) is 0 Å². The average Bonchev–Trinajstić information content (AvgIpc) is 2.48. The highest BCUT2D eigenvalue weighted by atomic mass is 127. The molecule has 0 saturated carbocycles. The van der Waals surface area contributed by atoms with Crippen LogP contribution in [-0.4, -0.2) is 5.91 Å². The summed E-state index contributed by atoms with van der Waals surface area (Å²) in [6.45, 7) is 1.80. The normalized spacial score (nSPS) is 15.4. The van der Waals surface area contributed by atoms with Gasteiger partial charge in [-0.1, -0.05) is 18.2 Å². The van der Waals surface area contributed by atoms with Gasteiger partial charge in [-0.2, -0.15) is 5.11 Å². The molecule has 0 unspecified atom stereocenters. The number of azo groups is 1. The molecule has 1 heterocycles. The molecule has 0 bridgehead atoms. The Bertz CT molecular complexity index is 463. The molecule has 3 nitrogen and oxygen atoms in total. The fourth-order valence-corrected chi connectivity index (χ4v) is 2.01.